The molecule has 1 rings (SSSR count). The van der Waals surface area contributed by atoms with Crippen molar-refractivity contribution in [2.75, 3.05) is 0 Å². The van der Waals surface area contributed by atoms with Gasteiger partial charge in [0.25, 0.3) is 0 Å². The van der Waals surface area contributed by atoms with Gasteiger partial charge in [0, 0.05) is 12.8 Å². The molecule has 140 valence electrons. The normalized spacial score (nSPS) is 21.7. The molecule has 0 bridgehead atoms. The Kier molecular flexibility index (Phi) is 5.58. The Morgan fingerprint density at radius 1 is 1.04 bits per heavy atom. The third-order valence-corrected chi connectivity index (χ3v) is 4.38. The monoisotopic (exact) mass is 349 g/mol. The molecular weight excluding hydrogens is 320 g/mol. The maximum absolute atomic E-state index is 13.6. The average molecular weight is 349 g/mol. The van der Waals surface area contributed by atoms with Gasteiger partial charge in [-0.05, 0) is 39.0 Å². The Labute approximate surface area is 142 Å². The molecule has 0 spiro atoms. The number of rotatable bonds is 3. The second-order valence-electron chi connectivity index (χ2n) is 8.76. The zero-order valence-corrected chi connectivity index (χ0v) is 15.3. The highest BCUT2D eigenvalue weighted by Gasteiger charge is 2.56. The molecule has 1 unspecified atom stereocenters. The lowest BCUT2D eigenvalue weighted by molar-refractivity contribution is -0.163. The molecule has 24 heavy (non-hydrogen) atoms. The van der Waals surface area contributed by atoms with Crippen LogP contribution in [-0.2, 0) is 9.53 Å². The third kappa shape index (κ3) is 5.05. The summed E-state index contributed by atoms with van der Waals surface area (Å²) in [5, 5.41) is 12.4. The highest BCUT2D eigenvalue weighted by Crippen LogP contribution is 2.49. The molecule has 0 aliphatic heterocycles. The summed E-state index contributed by atoms with van der Waals surface area (Å²) in [4.78, 5) is 24.2. The number of carboxylic acid groups (broad SMARTS) is 1. The topological polar surface area (TPSA) is 75.6 Å². The van der Waals surface area contributed by atoms with Gasteiger partial charge in [0.2, 0.25) is 5.92 Å². The van der Waals surface area contributed by atoms with E-state index in [0.29, 0.717) is 0 Å². The number of amides is 1. The SMILES string of the molecule is CC(C)(C)OC(=O)NC(C(C)(C)C)C1(C(=O)O)CCC(F)(F)CC1. The van der Waals surface area contributed by atoms with Crippen molar-refractivity contribution in [3.05, 3.63) is 0 Å². The lowest BCUT2D eigenvalue weighted by Crippen LogP contribution is -2.60. The molecule has 0 aromatic rings. The van der Waals surface area contributed by atoms with E-state index in [9.17, 15) is 23.5 Å². The number of alkyl halides is 2. The number of halogens is 2. The van der Waals surface area contributed by atoms with Crippen molar-refractivity contribution in [1.82, 2.24) is 5.32 Å². The van der Waals surface area contributed by atoms with Gasteiger partial charge in [-0.15, -0.1) is 0 Å². The fourth-order valence-corrected chi connectivity index (χ4v) is 3.30. The van der Waals surface area contributed by atoms with Crippen molar-refractivity contribution >= 4 is 12.1 Å². The Morgan fingerprint density at radius 2 is 1.50 bits per heavy atom. The smallest absolute Gasteiger partial charge is 0.407 e. The minimum atomic E-state index is -2.85. The largest absolute Gasteiger partial charge is 0.481 e. The summed E-state index contributed by atoms with van der Waals surface area (Å²) in [5.74, 6) is -4.01. The number of ether oxygens (including phenoxy) is 1. The lowest BCUT2D eigenvalue weighted by atomic mass is 9.61. The summed E-state index contributed by atoms with van der Waals surface area (Å²) >= 11 is 0. The molecule has 0 aromatic carbocycles. The van der Waals surface area contributed by atoms with Gasteiger partial charge in [0.15, 0.2) is 0 Å². The summed E-state index contributed by atoms with van der Waals surface area (Å²) in [5.41, 5.74) is -2.80. The number of alkyl carbamates (subject to hydrolysis) is 1. The summed E-state index contributed by atoms with van der Waals surface area (Å²) in [6.45, 7) is 10.5. The average Bonchev–Trinajstić information content (AvgIpc) is 2.33. The number of aliphatic carboxylic acids is 1. The van der Waals surface area contributed by atoms with Crippen LogP contribution < -0.4 is 5.32 Å². The Bertz CT molecular complexity index is 482. The molecule has 1 atom stereocenters. The van der Waals surface area contributed by atoms with Gasteiger partial charge in [0.05, 0.1) is 11.5 Å². The van der Waals surface area contributed by atoms with E-state index in [2.05, 4.69) is 5.32 Å². The van der Waals surface area contributed by atoms with Gasteiger partial charge in [0.1, 0.15) is 5.60 Å². The molecule has 1 saturated carbocycles. The zero-order chi connectivity index (χ0) is 19.0. The van der Waals surface area contributed by atoms with Gasteiger partial charge in [-0.2, -0.15) is 0 Å². The van der Waals surface area contributed by atoms with Crippen LogP contribution in [-0.4, -0.2) is 34.7 Å². The van der Waals surface area contributed by atoms with Gasteiger partial charge < -0.3 is 15.2 Å². The van der Waals surface area contributed by atoms with Gasteiger partial charge in [-0.1, -0.05) is 20.8 Å². The molecular formula is C17H29F2NO4. The Hall–Kier alpha value is -1.40. The van der Waals surface area contributed by atoms with Crippen molar-refractivity contribution in [1.29, 1.82) is 0 Å². The molecule has 0 aromatic heterocycles. The second kappa shape index (κ2) is 6.48. The fraction of sp³-hybridized carbons (Fsp3) is 0.882. The third-order valence-electron chi connectivity index (χ3n) is 4.38. The number of carboxylic acids is 1. The van der Waals surface area contributed by atoms with Crippen LogP contribution in [0, 0.1) is 10.8 Å². The predicted octanol–water partition coefficient (Wildman–Crippen LogP) is 4.21. The van der Waals surface area contributed by atoms with E-state index < -0.39 is 53.3 Å². The van der Waals surface area contributed by atoms with Crippen LogP contribution in [0.1, 0.15) is 67.2 Å². The first kappa shape index (κ1) is 20.6. The number of carbonyl (C=O) groups excluding carboxylic acids is 1. The van der Waals surface area contributed by atoms with Crippen molar-refractivity contribution in [2.45, 2.75) is 84.8 Å². The van der Waals surface area contributed by atoms with Crippen LogP contribution >= 0.6 is 0 Å². The minimum Gasteiger partial charge on any atom is -0.481 e. The molecule has 2 N–H and O–H groups in total. The number of nitrogens with one attached hydrogen (secondary N) is 1. The fourth-order valence-electron chi connectivity index (χ4n) is 3.30. The van der Waals surface area contributed by atoms with Gasteiger partial charge in [-0.3, -0.25) is 4.79 Å². The maximum atomic E-state index is 13.6. The molecule has 1 amide bonds. The summed E-state index contributed by atoms with van der Waals surface area (Å²) in [7, 11) is 0. The van der Waals surface area contributed by atoms with Crippen molar-refractivity contribution in [3.8, 4) is 0 Å². The molecule has 0 heterocycles. The van der Waals surface area contributed by atoms with Crippen molar-refractivity contribution in [2.24, 2.45) is 10.8 Å². The van der Waals surface area contributed by atoms with E-state index in [1.54, 1.807) is 41.5 Å². The second-order valence-corrected chi connectivity index (χ2v) is 8.76. The Balaban J connectivity index is 3.13. The van der Waals surface area contributed by atoms with Crippen molar-refractivity contribution < 1.29 is 28.2 Å². The van der Waals surface area contributed by atoms with Crippen LogP contribution in [0.15, 0.2) is 0 Å². The zero-order valence-electron chi connectivity index (χ0n) is 15.3. The van der Waals surface area contributed by atoms with E-state index in [4.69, 9.17) is 4.74 Å². The maximum Gasteiger partial charge on any atom is 0.407 e. The van der Waals surface area contributed by atoms with Crippen LogP contribution in [0.25, 0.3) is 0 Å². The lowest BCUT2D eigenvalue weighted by Gasteiger charge is -2.47. The Morgan fingerprint density at radius 3 is 1.83 bits per heavy atom. The van der Waals surface area contributed by atoms with Gasteiger partial charge >= 0.3 is 12.1 Å². The van der Waals surface area contributed by atoms with Crippen molar-refractivity contribution in [3.63, 3.8) is 0 Å². The molecule has 1 aliphatic carbocycles. The van der Waals surface area contributed by atoms with E-state index in [0.717, 1.165) is 0 Å². The molecule has 0 radical (unpaired) electrons. The quantitative estimate of drug-likeness (QED) is 0.800. The highest BCUT2D eigenvalue weighted by molar-refractivity contribution is 5.78. The highest BCUT2D eigenvalue weighted by atomic mass is 19.3. The summed E-state index contributed by atoms with van der Waals surface area (Å²) in [6, 6.07) is -0.826. The molecule has 7 heteroatoms. The number of carbonyl (C=O) groups is 2. The first-order chi connectivity index (χ1) is 10.6. The van der Waals surface area contributed by atoms with Crippen LogP contribution in [0.2, 0.25) is 0 Å². The number of hydrogen-bond acceptors (Lipinski definition) is 3. The predicted molar refractivity (Wildman–Crippen MR) is 86.1 cm³/mol. The standard InChI is InChI=1S/C17H29F2NO4/c1-14(2,3)11(20-13(23)24-15(4,5)6)16(12(21)22)7-9-17(18,19)10-8-16/h11H,7-10H2,1-6H3,(H,20,23)(H,21,22). The van der Waals surface area contributed by atoms with E-state index in [1.807, 2.05) is 0 Å². The van der Waals surface area contributed by atoms with Crippen LogP contribution in [0.5, 0.6) is 0 Å². The van der Waals surface area contributed by atoms with Crippen LogP contribution in [0.3, 0.4) is 0 Å². The molecule has 0 saturated heterocycles. The molecule has 1 aliphatic rings. The first-order valence-electron chi connectivity index (χ1n) is 8.20. The van der Waals surface area contributed by atoms with E-state index in [-0.39, 0.29) is 12.8 Å². The van der Waals surface area contributed by atoms with E-state index in [1.165, 1.54) is 0 Å². The summed E-state index contributed by atoms with van der Waals surface area (Å²) < 4.78 is 32.3. The first-order valence-corrected chi connectivity index (χ1v) is 8.20. The van der Waals surface area contributed by atoms with Gasteiger partial charge in [-0.25, -0.2) is 13.6 Å². The number of hydrogen-bond donors (Lipinski definition) is 2. The molecule has 5 nitrogen and oxygen atoms in total. The molecule has 1 fully saturated rings. The summed E-state index contributed by atoms with van der Waals surface area (Å²) in [6.07, 6.45) is -2.11. The van der Waals surface area contributed by atoms with E-state index >= 15 is 0 Å². The van der Waals surface area contributed by atoms with Crippen LogP contribution in [0.4, 0.5) is 13.6 Å². The minimum absolute atomic E-state index is 0.187.